The molecule has 1 fully saturated rings. The second-order valence-electron chi connectivity index (χ2n) is 5.91. The molecule has 1 aromatic rings. The zero-order valence-electron chi connectivity index (χ0n) is 13.5. The van der Waals surface area contributed by atoms with Crippen LogP contribution in [0.15, 0.2) is 29.2 Å². The molecule has 1 heterocycles. The molecule has 6 heteroatoms. The standard InChI is InChI=1S/C17H25F3N2S/c1-2-3-4-5-16(22-12-10-21-11-13-22)14-6-8-15(9-7-14)23-17(18,19)20/h6-9,16,21H,2-5,10-13H2,1H3/t16-/m1/s1. The molecule has 0 bridgehead atoms. The number of halogens is 3. The highest BCUT2D eigenvalue weighted by molar-refractivity contribution is 8.00. The van der Waals surface area contributed by atoms with Crippen LogP contribution >= 0.6 is 11.8 Å². The topological polar surface area (TPSA) is 15.3 Å². The SMILES string of the molecule is CCCCC[C@H](c1ccc(SC(F)(F)F)cc1)N1CCNCC1. The number of nitrogens with one attached hydrogen (secondary N) is 1. The first-order valence-electron chi connectivity index (χ1n) is 8.30. The van der Waals surface area contributed by atoms with E-state index < -0.39 is 5.51 Å². The van der Waals surface area contributed by atoms with Gasteiger partial charge in [0, 0.05) is 37.1 Å². The highest BCUT2D eigenvalue weighted by Crippen LogP contribution is 2.37. The molecule has 2 nitrogen and oxygen atoms in total. The molecule has 0 saturated carbocycles. The Hall–Kier alpha value is -0.720. The van der Waals surface area contributed by atoms with Crippen LogP contribution in [0.1, 0.15) is 44.2 Å². The van der Waals surface area contributed by atoms with E-state index in [0.29, 0.717) is 6.04 Å². The molecule has 0 unspecified atom stereocenters. The molecule has 1 atom stereocenters. The van der Waals surface area contributed by atoms with E-state index in [2.05, 4.69) is 17.1 Å². The molecule has 1 saturated heterocycles. The van der Waals surface area contributed by atoms with E-state index in [1.54, 1.807) is 12.1 Å². The average molecular weight is 346 g/mol. The fraction of sp³-hybridized carbons (Fsp3) is 0.647. The van der Waals surface area contributed by atoms with Gasteiger partial charge in [0.2, 0.25) is 0 Å². The van der Waals surface area contributed by atoms with E-state index in [0.717, 1.165) is 44.6 Å². The Labute approximate surface area is 140 Å². The molecule has 0 aromatic heterocycles. The summed E-state index contributed by atoms with van der Waals surface area (Å²) < 4.78 is 37.3. The Morgan fingerprint density at radius 1 is 1.13 bits per heavy atom. The summed E-state index contributed by atoms with van der Waals surface area (Å²) in [5, 5.41) is 3.35. The Morgan fingerprint density at radius 3 is 2.35 bits per heavy atom. The molecule has 1 aromatic carbocycles. The summed E-state index contributed by atoms with van der Waals surface area (Å²) in [5.74, 6) is 0. The van der Waals surface area contributed by atoms with Crippen molar-refractivity contribution in [3.63, 3.8) is 0 Å². The lowest BCUT2D eigenvalue weighted by Gasteiger charge is -2.35. The van der Waals surface area contributed by atoms with Gasteiger partial charge in [0.1, 0.15) is 0 Å². The van der Waals surface area contributed by atoms with E-state index in [1.807, 2.05) is 12.1 Å². The third-order valence-corrected chi connectivity index (χ3v) is 4.91. The maximum Gasteiger partial charge on any atom is 0.446 e. The van der Waals surface area contributed by atoms with Gasteiger partial charge >= 0.3 is 5.51 Å². The zero-order valence-corrected chi connectivity index (χ0v) is 14.3. The van der Waals surface area contributed by atoms with Crippen LogP contribution in [0, 0.1) is 0 Å². The Kier molecular flexibility index (Phi) is 7.24. The predicted octanol–water partition coefficient (Wildman–Crippen LogP) is 4.83. The van der Waals surface area contributed by atoms with Crippen LogP contribution in [0.3, 0.4) is 0 Å². The van der Waals surface area contributed by atoms with E-state index >= 15 is 0 Å². The monoisotopic (exact) mass is 346 g/mol. The van der Waals surface area contributed by atoms with Gasteiger partial charge in [0.25, 0.3) is 0 Å². The summed E-state index contributed by atoms with van der Waals surface area (Å²) in [7, 11) is 0. The minimum atomic E-state index is -4.22. The van der Waals surface area contributed by atoms with Gasteiger partial charge in [-0.15, -0.1) is 0 Å². The Morgan fingerprint density at radius 2 is 1.78 bits per heavy atom. The quantitative estimate of drug-likeness (QED) is 0.563. The van der Waals surface area contributed by atoms with Crippen molar-refractivity contribution in [3.05, 3.63) is 29.8 Å². The number of hydrogen-bond donors (Lipinski definition) is 1. The third kappa shape index (κ3) is 6.36. The van der Waals surface area contributed by atoms with Crippen molar-refractivity contribution in [2.75, 3.05) is 26.2 Å². The Bertz CT molecular complexity index is 456. The number of thioether (sulfide) groups is 1. The van der Waals surface area contributed by atoms with Gasteiger partial charge in [-0.1, -0.05) is 38.3 Å². The van der Waals surface area contributed by atoms with Crippen LogP contribution in [-0.4, -0.2) is 36.6 Å². The van der Waals surface area contributed by atoms with Crippen LogP contribution in [0.2, 0.25) is 0 Å². The van der Waals surface area contributed by atoms with Crippen LogP contribution in [0.25, 0.3) is 0 Å². The minimum absolute atomic E-state index is 0.0454. The maximum atomic E-state index is 12.4. The summed E-state index contributed by atoms with van der Waals surface area (Å²) in [6.45, 7) is 6.13. The van der Waals surface area contributed by atoms with Crippen LogP contribution < -0.4 is 5.32 Å². The molecule has 2 rings (SSSR count). The van der Waals surface area contributed by atoms with E-state index in [4.69, 9.17) is 0 Å². The van der Waals surface area contributed by atoms with Gasteiger partial charge in [-0.05, 0) is 35.9 Å². The summed E-state index contributed by atoms with van der Waals surface area (Å²) in [5.41, 5.74) is -3.09. The Balaban J connectivity index is 2.07. The molecular formula is C17H25F3N2S. The van der Waals surface area contributed by atoms with Crippen molar-refractivity contribution in [1.82, 2.24) is 10.2 Å². The highest BCUT2D eigenvalue weighted by atomic mass is 32.2. The first-order valence-corrected chi connectivity index (χ1v) is 9.11. The molecule has 0 aliphatic carbocycles. The zero-order chi connectivity index (χ0) is 16.7. The summed E-state index contributed by atoms with van der Waals surface area (Å²) in [6, 6.07) is 7.25. The van der Waals surface area contributed by atoms with E-state index in [1.165, 1.54) is 12.8 Å². The second-order valence-corrected chi connectivity index (χ2v) is 7.05. The van der Waals surface area contributed by atoms with Crippen molar-refractivity contribution in [1.29, 1.82) is 0 Å². The largest absolute Gasteiger partial charge is 0.446 e. The van der Waals surface area contributed by atoms with Gasteiger partial charge in [-0.3, -0.25) is 4.90 Å². The van der Waals surface area contributed by atoms with Crippen molar-refractivity contribution in [2.45, 2.75) is 49.1 Å². The molecule has 1 aliphatic rings. The first kappa shape index (κ1) is 18.6. The van der Waals surface area contributed by atoms with Gasteiger partial charge in [-0.2, -0.15) is 13.2 Å². The molecule has 1 N–H and O–H groups in total. The summed E-state index contributed by atoms with van der Waals surface area (Å²) in [6.07, 6.45) is 4.60. The normalized spacial score (nSPS) is 18.1. The highest BCUT2D eigenvalue weighted by Gasteiger charge is 2.29. The third-order valence-electron chi connectivity index (χ3n) is 4.17. The van der Waals surface area contributed by atoms with E-state index in [-0.39, 0.29) is 16.7 Å². The number of benzene rings is 1. The number of rotatable bonds is 7. The fourth-order valence-corrected chi connectivity index (χ4v) is 3.57. The molecule has 0 radical (unpaired) electrons. The molecule has 1 aliphatic heterocycles. The van der Waals surface area contributed by atoms with Crippen LogP contribution in [0.5, 0.6) is 0 Å². The number of nitrogens with zero attached hydrogens (tertiary/aromatic N) is 1. The van der Waals surface area contributed by atoms with Crippen molar-refractivity contribution >= 4 is 11.8 Å². The average Bonchev–Trinajstić information content (AvgIpc) is 2.52. The summed E-state index contributed by atoms with van der Waals surface area (Å²) in [4.78, 5) is 2.71. The van der Waals surface area contributed by atoms with Gasteiger partial charge in [-0.25, -0.2) is 0 Å². The molecule has 130 valence electrons. The van der Waals surface area contributed by atoms with Crippen molar-refractivity contribution < 1.29 is 13.2 Å². The lowest BCUT2D eigenvalue weighted by Crippen LogP contribution is -2.45. The molecule has 23 heavy (non-hydrogen) atoms. The van der Waals surface area contributed by atoms with Crippen molar-refractivity contribution in [2.24, 2.45) is 0 Å². The van der Waals surface area contributed by atoms with Crippen LogP contribution in [-0.2, 0) is 0 Å². The van der Waals surface area contributed by atoms with Crippen LogP contribution in [0.4, 0.5) is 13.2 Å². The lowest BCUT2D eigenvalue weighted by atomic mass is 9.98. The van der Waals surface area contributed by atoms with Gasteiger partial charge in [0.05, 0.1) is 0 Å². The maximum absolute atomic E-state index is 12.4. The fourth-order valence-electron chi connectivity index (χ4n) is 3.03. The van der Waals surface area contributed by atoms with Crippen molar-refractivity contribution in [3.8, 4) is 0 Å². The molecule has 0 amide bonds. The number of alkyl halides is 3. The molecule has 0 spiro atoms. The van der Waals surface area contributed by atoms with Gasteiger partial charge < -0.3 is 5.32 Å². The number of hydrogen-bond acceptors (Lipinski definition) is 3. The smallest absolute Gasteiger partial charge is 0.314 e. The number of unbranched alkanes of at least 4 members (excludes halogenated alkanes) is 2. The number of piperazine rings is 1. The predicted molar refractivity (Wildman–Crippen MR) is 89.7 cm³/mol. The minimum Gasteiger partial charge on any atom is -0.314 e. The lowest BCUT2D eigenvalue weighted by molar-refractivity contribution is -0.0328. The first-order chi connectivity index (χ1) is 11.0. The summed E-state index contributed by atoms with van der Waals surface area (Å²) >= 11 is -0.0454. The second kappa shape index (κ2) is 8.94. The van der Waals surface area contributed by atoms with Gasteiger partial charge in [0.15, 0.2) is 0 Å². The van der Waals surface area contributed by atoms with E-state index in [9.17, 15) is 13.2 Å². The molecular weight excluding hydrogens is 321 g/mol.